The van der Waals surface area contributed by atoms with E-state index >= 15 is 0 Å². The summed E-state index contributed by atoms with van der Waals surface area (Å²) in [4.78, 5) is 12.7. The highest BCUT2D eigenvalue weighted by molar-refractivity contribution is 9.11. The summed E-state index contributed by atoms with van der Waals surface area (Å²) in [7, 11) is -1.95. The average molecular weight is 473 g/mol. The summed E-state index contributed by atoms with van der Waals surface area (Å²) in [6, 6.07) is 10.8. The molecule has 1 amide bonds. The zero-order chi connectivity index (χ0) is 19.4. The minimum Gasteiger partial charge on any atom is -0.380 e. The van der Waals surface area contributed by atoms with Gasteiger partial charge in [0.15, 0.2) is 0 Å². The number of nitrogens with one attached hydrogen (secondary N) is 1. The van der Waals surface area contributed by atoms with Crippen molar-refractivity contribution in [3.8, 4) is 0 Å². The van der Waals surface area contributed by atoms with Crippen molar-refractivity contribution in [3.05, 3.63) is 45.7 Å². The molecule has 0 saturated carbocycles. The lowest BCUT2D eigenvalue weighted by Crippen LogP contribution is -2.43. The summed E-state index contributed by atoms with van der Waals surface area (Å²) >= 11 is 4.48. The molecule has 0 spiro atoms. The summed E-state index contributed by atoms with van der Waals surface area (Å²) in [5.74, 6) is -0.528. The molecule has 1 unspecified atom stereocenters. The molecule has 9 heteroatoms. The molecule has 146 valence electrons. The van der Waals surface area contributed by atoms with Crippen LogP contribution in [0.1, 0.15) is 18.4 Å². The maximum Gasteiger partial charge on any atom is 0.252 e. The largest absolute Gasteiger partial charge is 0.380 e. The van der Waals surface area contributed by atoms with E-state index in [9.17, 15) is 13.2 Å². The van der Waals surface area contributed by atoms with Gasteiger partial charge in [0.05, 0.1) is 16.3 Å². The molecule has 1 saturated heterocycles. The molecule has 27 heavy (non-hydrogen) atoms. The third-order valence-electron chi connectivity index (χ3n) is 4.40. The summed E-state index contributed by atoms with van der Waals surface area (Å²) in [6.45, 7) is 1.10. The number of sulfonamides is 1. The van der Waals surface area contributed by atoms with Crippen LogP contribution in [0.4, 0.5) is 5.69 Å². The van der Waals surface area contributed by atoms with E-state index in [1.54, 1.807) is 19.2 Å². The van der Waals surface area contributed by atoms with Crippen molar-refractivity contribution < 1.29 is 17.9 Å². The molecule has 1 fully saturated rings. The number of anilines is 1. The topological polar surface area (TPSA) is 75.7 Å². The summed E-state index contributed by atoms with van der Waals surface area (Å²) in [5.41, 5.74) is 1.66. The lowest BCUT2D eigenvalue weighted by molar-refractivity contribution is -0.120. The van der Waals surface area contributed by atoms with Gasteiger partial charge in [0.25, 0.3) is 10.0 Å². The average Bonchev–Trinajstić information content (AvgIpc) is 3.10. The first-order valence-electron chi connectivity index (χ1n) is 8.54. The SMILES string of the molecule is COCc1cccc(NC(=O)C2CCCN(S(=O)(=O)c3ccc(Br)s3)C2)c1. The number of methoxy groups -OCH3 is 1. The maximum atomic E-state index is 12.8. The zero-order valence-electron chi connectivity index (χ0n) is 14.9. The molecule has 2 aromatic rings. The predicted molar refractivity (Wildman–Crippen MR) is 109 cm³/mol. The molecular weight excluding hydrogens is 452 g/mol. The van der Waals surface area contributed by atoms with Crippen LogP contribution >= 0.6 is 27.3 Å². The molecule has 1 aromatic carbocycles. The maximum absolute atomic E-state index is 12.8. The number of nitrogens with zero attached hydrogens (tertiary/aromatic N) is 1. The number of rotatable bonds is 6. The van der Waals surface area contributed by atoms with Gasteiger partial charge >= 0.3 is 0 Å². The minimum atomic E-state index is -3.57. The summed E-state index contributed by atoms with van der Waals surface area (Å²) in [6.07, 6.45) is 1.33. The molecule has 3 rings (SSSR count). The van der Waals surface area contributed by atoms with Gasteiger partial charge in [0.1, 0.15) is 4.21 Å². The Morgan fingerprint density at radius 1 is 1.37 bits per heavy atom. The second-order valence-corrected chi connectivity index (χ2v) is 11.0. The van der Waals surface area contributed by atoms with Gasteiger partial charge in [-0.3, -0.25) is 4.79 Å². The molecule has 1 N–H and O–H groups in total. The number of hydrogen-bond acceptors (Lipinski definition) is 5. The molecule has 1 atom stereocenters. The van der Waals surface area contributed by atoms with Gasteiger partial charge in [-0.2, -0.15) is 4.31 Å². The monoisotopic (exact) mass is 472 g/mol. The first kappa shape index (κ1) is 20.5. The van der Waals surface area contributed by atoms with Crippen molar-refractivity contribution >= 4 is 48.9 Å². The third kappa shape index (κ3) is 4.97. The van der Waals surface area contributed by atoms with Crippen molar-refractivity contribution in [2.45, 2.75) is 23.7 Å². The standard InChI is InChI=1S/C18H21BrN2O4S2/c1-25-12-13-4-2-6-15(10-13)20-18(22)14-5-3-9-21(11-14)27(23,24)17-8-7-16(19)26-17/h2,4,6-8,10,14H,3,5,9,11-12H2,1H3,(H,20,22). The van der Waals surface area contributed by atoms with Crippen LogP contribution in [0.3, 0.4) is 0 Å². The Labute approximate surface area is 171 Å². The number of carbonyl (C=O) groups excluding carboxylic acids is 1. The lowest BCUT2D eigenvalue weighted by atomic mass is 9.98. The smallest absolute Gasteiger partial charge is 0.252 e. The van der Waals surface area contributed by atoms with Gasteiger partial charge in [-0.25, -0.2) is 8.42 Å². The Morgan fingerprint density at radius 3 is 2.89 bits per heavy atom. The van der Waals surface area contributed by atoms with Crippen molar-refractivity contribution in [1.29, 1.82) is 0 Å². The third-order valence-corrected chi connectivity index (χ3v) is 8.36. The van der Waals surface area contributed by atoms with Crippen LogP contribution in [-0.2, 0) is 26.2 Å². The highest BCUT2D eigenvalue weighted by Crippen LogP contribution is 2.31. The Kier molecular flexibility index (Phi) is 6.69. The molecule has 6 nitrogen and oxygen atoms in total. The van der Waals surface area contributed by atoms with Gasteiger partial charge < -0.3 is 10.1 Å². The summed E-state index contributed by atoms with van der Waals surface area (Å²) < 4.78 is 33.2. The zero-order valence-corrected chi connectivity index (χ0v) is 18.1. The summed E-state index contributed by atoms with van der Waals surface area (Å²) in [5, 5.41) is 2.91. The number of ether oxygens (including phenoxy) is 1. The first-order valence-corrected chi connectivity index (χ1v) is 11.6. The number of benzene rings is 1. The number of piperidine rings is 1. The molecule has 1 aromatic heterocycles. The number of thiophene rings is 1. The number of carbonyl (C=O) groups is 1. The Hall–Kier alpha value is -1.26. The Balaban J connectivity index is 1.68. The van der Waals surface area contributed by atoms with Crippen LogP contribution in [0.15, 0.2) is 44.4 Å². The molecule has 0 aliphatic carbocycles. The molecule has 1 aliphatic heterocycles. The van der Waals surface area contributed by atoms with Gasteiger partial charge in [-0.05, 0) is 58.6 Å². The fourth-order valence-electron chi connectivity index (χ4n) is 3.09. The van der Waals surface area contributed by atoms with Crippen molar-refractivity contribution in [2.75, 3.05) is 25.5 Å². The molecule has 0 bridgehead atoms. The number of halogens is 1. The van der Waals surface area contributed by atoms with Crippen LogP contribution in [0.25, 0.3) is 0 Å². The van der Waals surface area contributed by atoms with Crippen LogP contribution in [0, 0.1) is 5.92 Å². The second kappa shape index (κ2) is 8.83. The molecule has 1 aliphatic rings. The van der Waals surface area contributed by atoms with Crippen LogP contribution < -0.4 is 5.32 Å². The van der Waals surface area contributed by atoms with Gasteiger partial charge in [-0.1, -0.05) is 12.1 Å². The van der Waals surface area contributed by atoms with Gasteiger partial charge in [-0.15, -0.1) is 11.3 Å². The van der Waals surface area contributed by atoms with E-state index in [0.29, 0.717) is 35.9 Å². The normalized spacial score (nSPS) is 18.4. The van der Waals surface area contributed by atoms with Crippen LogP contribution in [0.2, 0.25) is 0 Å². The van der Waals surface area contributed by atoms with Crippen molar-refractivity contribution in [1.82, 2.24) is 4.31 Å². The Morgan fingerprint density at radius 2 is 2.19 bits per heavy atom. The predicted octanol–water partition coefficient (Wildman–Crippen LogP) is 3.70. The highest BCUT2D eigenvalue weighted by atomic mass is 79.9. The Bertz CT molecular complexity index is 914. The van der Waals surface area contributed by atoms with Crippen molar-refractivity contribution in [2.24, 2.45) is 5.92 Å². The molecule has 0 radical (unpaired) electrons. The fraction of sp³-hybridized carbons (Fsp3) is 0.389. The van der Waals surface area contributed by atoms with Crippen molar-refractivity contribution in [3.63, 3.8) is 0 Å². The van der Waals surface area contributed by atoms with Crippen LogP contribution in [0.5, 0.6) is 0 Å². The first-order chi connectivity index (χ1) is 12.9. The van der Waals surface area contributed by atoms with Crippen LogP contribution in [-0.4, -0.2) is 38.8 Å². The van der Waals surface area contributed by atoms with Gasteiger partial charge in [0, 0.05) is 25.9 Å². The van der Waals surface area contributed by atoms with E-state index in [1.165, 1.54) is 15.6 Å². The van der Waals surface area contributed by atoms with E-state index in [-0.39, 0.29) is 18.4 Å². The quantitative estimate of drug-likeness (QED) is 0.695. The lowest BCUT2D eigenvalue weighted by Gasteiger charge is -2.30. The molecule has 2 heterocycles. The number of amides is 1. The second-order valence-electron chi connectivity index (χ2n) is 6.38. The molecular formula is C18H21BrN2O4S2. The van der Waals surface area contributed by atoms with Gasteiger partial charge in [0.2, 0.25) is 5.91 Å². The van der Waals surface area contributed by atoms with E-state index < -0.39 is 10.0 Å². The minimum absolute atomic E-state index is 0.156. The van der Waals surface area contributed by atoms with E-state index in [4.69, 9.17) is 4.74 Å². The van der Waals surface area contributed by atoms with E-state index in [1.807, 2.05) is 24.3 Å². The highest BCUT2D eigenvalue weighted by Gasteiger charge is 2.34. The van der Waals surface area contributed by atoms with E-state index in [0.717, 1.165) is 9.35 Å². The van der Waals surface area contributed by atoms with E-state index in [2.05, 4.69) is 21.2 Å². The number of hydrogen-bond donors (Lipinski definition) is 1. The fourth-order valence-corrected chi connectivity index (χ4v) is 6.78.